The number of aryl methyl sites for hydroxylation is 1. The molecule has 1 aliphatic rings. The summed E-state index contributed by atoms with van der Waals surface area (Å²) in [5.74, 6) is 0. The molecule has 5 rings (SSSR count). The fraction of sp³-hybridized carbons (Fsp3) is 0.333. The molecule has 8 nitrogen and oxygen atoms in total. The number of hydrogen-bond acceptors (Lipinski definition) is 7. The van der Waals surface area contributed by atoms with E-state index in [9.17, 15) is 10.1 Å². The van der Waals surface area contributed by atoms with Crippen LogP contribution in [0.5, 0.6) is 0 Å². The Morgan fingerprint density at radius 2 is 1.90 bits per heavy atom. The Labute approximate surface area is 176 Å². The van der Waals surface area contributed by atoms with E-state index >= 15 is 0 Å². The van der Waals surface area contributed by atoms with Crippen molar-refractivity contribution in [3.8, 4) is 11.3 Å². The minimum absolute atomic E-state index is 0.0792. The summed E-state index contributed by atoms with van der Waals surface area (Å²) in [7, 11) is 0. The summed E-state index contributed by atoms with van der Waals surface area (Å²) in [6, 6.07) is 10.7. The van der Waals surface area contributed by atoms with Gasteiger partial charge in [-0.1, -0.05) is 11.3 Å². The first-order valence-electron chi connectivity index (χ1n) is 10.00. The van der Waals surface area contributed by atoms with Gasteiger partial charge in [-0.25, -0.2) is 9.97 Å². The number of pyridine rings is 1. The molecule has 9 heteroatoms. The van der Waals surface area contributed by atoms with Crippen LogP contribution in [-0.4, -0.2) is 57.0 Å². The lowest BCUT2D eigenvalue weighted by Crippen LogP contribution is -2.36. The number of imidazole rings is 1. The molecule has 0 saturated carbocycles. The lowest BCUT2D eigenvalue weighted by Gasteiger charge is -2.26. The minimum atomic E-state index is -0.396. The van der Waals surface area contributed by atoms with Gasteiger partial charge in [-0.05, 0) is 43.7 Å². The van der Waals surface area contributed by atoms with Gasteiger partial charge in [0.15, 0.2) is 4.96 Å². The van der Waals surface area contributed by atoms with Crippen molar-refractivity contribution in [2.45, 2.75) is 12.8 Å². The van der Waals surface area contributed by atoms with Crippen LogP contribution in [-0.2, 0) is 11.2 Å². The smallest absolute Gasteiger partial charge is 0.269 e. The average Bonchev–Trinajstić information content (AvgIpc) is 3.32. The lowest BCUT2D eigenvalue weighted by atomic mass is 10.1. The zero-order chi connectivity index (χ0) is 20.5. The molecule has 1 aliphatic heterocycles. The number of hydrogen-bond donors (Lipinski definition) is 0. The number of nitrogens with zero attached hydrogens (tertiary/aromatic N) is 5. The van der Waals surface area contributed by atoms with Crippen LogP contribution in [0.1, 0.15) is 12.1 Å². The van der Waals surface area contributed by atoms with E-state index in [-0.39, 0.29) is 5.69 Å². The highest BCUT2D eigenvalue weighted by atomic mass is 32.1. The van der Waals surface area contributed by atoms with Gasteiger partial charge >= 0.3 is 0 Å². The van der Waals surface area contributed by atoms with Crippen LogP contribution in [0.2, 0.25) is 0 Å². The molecule has 0 spiro atoms. The fourth-order valence-electron chi connectivity index (χ4n) is 3.76. The predicted octanol–water partition coefficient (Wildman–Crippen LogP) is 3.78. The van der Waals surface area contributed by atoms with E-state index in [1.807, 2.05) is 10.6 Å². The largest absolute Gasteiger partial charge is 0.379 e. The molecule has 0 radical (unpaired) electrons. The van der Waals surface area contributed by atoms with Crippen LogP contribution in [0.4, 0.5) is 5.69 Å². The minimum Gasteiger partial charge on any atom is -0.379 e. The summed E-state index contributed by atoms with van der Waals surface area (Å²) in [6.45, 7) is 4.79. The normalized spacial score (nSPS) is 15.2. The summed E-state index contributed by atoms with van der Waals surface area (Å²) in [5, 5.41) is 10.8. The predicted molar refractivity (Wildman–Crippen MR) is 116 cm³/mol. The Hall–Kier alpha value is -2.88. The molecule has 154 valence electrons. The second-order valence-corrected chi connectivity index (χ2v) is 8.33. The van der Waals surface area contributed by atoms with E-state index in [0.29, 0.717) is 0 Å². The van der Waals surface area contributed by atoms with E-state index in [1.165, 1.54) is 12.1 Å². The van der Waals surface area contributed by atoms with Gasteiger partial charge in [0, 0.05) is 42.7 Å². The van der Waals surface area contributed by atoms with Crippen molar-refractivity contribution in [1.29, 1.82) is 0 Å². The molecule has 3 aromatic heterocycles. The summed E-state index contributed by atoms with van der Waals surface area (Å²) >= 11 is 1.57. The quantitative estimate of drug-likeness (QED) is 0.347. The molecule has 1 fully saturated rings. The number of ether oxygens (including phenoxy) is 1. The van der Waals surface area contributed by atoms with Crippen molar-refractivity contribution < 1.29 is 9.66 Å². The molecule has 30 heavy (non-hydrogen) atoms. The number of nitro groups is 1. The third kappa shape index (κ3) is 3.79. The SMILES string of the molecule is O=[N+]([O-])c1ccc(-c2cn3c(n2)sc2nc(CCCN4CCOCC4)ccc23)cc1. The Morgan fingerprint density at radius 1 is 1.10 bits per heavy atom. The first-order valence-corrected chi connectivity index (χ1v) is 10.8. The molecule has 0 aliphatic carbocycles. The van der Waals surface area contributed by atoms with E-state index in [1.54, 1.807) is 23.5 Å². The van der Waals surface area contributed by atoms with Crippen LogP contribution in [0.3, 0.4) is 0 Å². The summed E-state index contributed by atoms with van der Waals surface area (Å²) in [4.78, 5) is 24.3. The second-order valence-electron chi connectivity index (χ2n) is 7.37. The number of rotatable bonds is 6. The first kappa shape index (κ1) is 19.1. The maximum Gasteiger partial charge on any atom is 0.269 e. The van der Waals surface area contributed by atoms with Crippen LogP contribution in [0, 0.1) is 10.1 Å². The van der Waals surface area contributed by atoms with E-state index in [4.69, 9.17) is 14.7 Å². The topological polar surface area (TPSA) is 85.8 Å². The molecule has 0 amide bonds. The van der Waals surface area contributed by atoms with Gasteiger partial charge in [0.25, 0.3) is 5.69 Å². The van der Waals surface area contributed by atoms with Gasteiger partial charge in [0.2, 0.25) is 0 Å². The first-order chi connectivity index (χ1) is 14.7. The third-order valence-corrected chi connectivity index (χ3v) is 6.37. The van der Waals surface area contributed by atoms with Crippen LogP contribution >= 0.6 is 11.3 Å². The van der Waals surface area contributed by atoms with E-state index in [2.05, 4.69) is 17.0 Å². The summed E-state index contributed by atoms with van der Waals surface area (Å²) < 4.78 is 7.44. The molecular formula is C21H21N5O3S. The van der Waals surface area contributed by atoms with Gasteiger partial charge in [0.1, 0.15) is 4.83 Å². The molecule has 0 unspecified atom stereocenters. The molecular weight excluding hydrogens is 402 g/mol. The van der Waals surface area contributed by atoms with Gasteiger partial charge < -0.3 is 4.74 Å². The van der Waals surface area contributed by atoms with Crippen molar-refractivity contribution in [3.63, 3.8) is 0 Å². The zero-order valence-electron chi connectivity index (χ0n) is 16.4. The van der Waals surface area contributed by atoms with Crippen LogP contribution in [0.25, 0.3) is 26.6 Å². The fourth-order valence-corrected chi connectivity index (χ4v) is 4.77. The number of fused-ring (bicyclic) bond motifs is 3. The summed E-state index contributed by atoms with van der Waals surface area (Å²) in [5.41, 5.74) is 3.88. The monoisotopic (exact) mass is 423 g/mol. The number of thiazole rings is 1. The number of benzene rings is 1. The molecule has 0 bridgehead atoms. The number of aromatic nitrogens is 3. The zero-order valence-corrected chi connectivity index (χ0v) is 17.2. The van der Waals surface area contributed by atoms with Crippen LogP contribution < -0.4 is 0 Å². The number of nitro benzene ring substituents is 1. The van der Waals surface area contributed by atoms with Gasteiger partial charge in [-0.15, -0.1) is 0 Å². The summed E-state index contributed by atoms with van der Waals surface area (Å²) in [6.07, 6.45) is 4.02. The standard InChI is InChI=1S/C21H21N5O3S/c27-26(28)17-6-3-15(4-7-17)18-14-25-19-8-5-16(22-20(19)30-21(25)23-18)2-1-9-24-10-12-29-13-11-24/h3-8,14H,1-2,9-13H2. The van der Waals surface area contributed by atoms with Crippen molar-refractivity contribution in [1.82, 2.24) is 19.3 Å². The van der Waals surface area contributed by atoms with Crippen LogP contribution in [0.15, 0.2) is 42.6 Å². The molecule has 1 saturated heterocycles. The van der Waals surface area contributed by atoms with Gasteiger partial charge in [0.05, 0.1) is 29.3 Å². The Kier molecular flexibility index (Phi) is 5.16. The number of non-ortho nitro benzene ring substituents is 1. The van der Waals surface area contributed by atoms with E-state index < -0.39 is 4.92 Å². The Morgan fingerprint density at radius 3 is 2.67 bits per heavy atom. The molecule has 0 atom stereocenters. The highest BCUT2D eigenvalue weighted by Gasteiger charge is 2.14. The maximum absolute atomic E-state index is 10.8. The highest BCUT2D eigenvalue weighted by molar-refractivity contribution is 7.23. The van der Waals surface area contributed by atoms with Gasteiger partial charge in [-0.3, -0.25) is 19.4 Å². The second kappa shape index (κ2) is 8.10. The van der Waals surface area contributed by atoms with Crippen molar-refractivity contribution in [3.05, 3.63) is 58.4 Å². The van der Waals surface area contributed by atoms with Crippen molar-refractivity contribution in [2.24, 2.45) is 0 Å². The lowest BCUT2D eigenvalue weighted by molar-refractivity contribution is -0.384. The molecule has 4 heterocycles. The Balaban J connectivity index is 1.32. The Bertz CT molecular complexity index is 1190. The van der Waals surface area contributed by atoms with Crippen molar-refractivity contribution >= 4 is 32.3 Å². The molecule has 0 N–H and O–H groups in total. The van der Waals surface area contributed by atoms with Gasteiger partial charge in [-0.2, -0.15) is 0 Å². The molecule has 4 aromatic rings. The maximum atomic E-state index is 10.8. The third-order valence-electron chi connectivity index (χ3n) is 5.40. The highest BCUT2D eigenvalue weighted by Crippen LogP contribution is 2.29. The molecule has 1 aromatic carbocycles. The average molecular weight is 423 g/mol. The number of morpholine rings is 1. The van der Waals surface area contributed by atoms with Crippen molar-refractivity contribution in [2.75, 3.05) is 32.8 Å². The van der Waals surface area contributed by atoms with E-state index in [0.717, 1.165) is 77.9 Å².